The molecule has 1 fully saturated rings. The first kappa shape index (κ1) is 30.2. The molecule has 3 aromatic carbocycles. The number of aryl methyl sites for hydroxylation is 2. The molecule has 49 heavy (non-hydrogen) atoms. The molecule has 256 valence electrons. The van der Waals surface area contributed by atoms with E-state index in [1.807, 2.05) is 12.1 Å². The Labute approximate surface area is 287 Å². The molecule has 9 nitrogen and oxygen atoms in total. The van der Waals surface area contributed by atoms with Gasteiger partial charge in [-0.2, -0.15) is 0 Å². The van der Waals surface area contributed by atoms with Crippen molar-refractivity contribution < 1.29 is 28.8 Å². The van der Waals surface area contributed by atoms with E-state index < -0.39 is 11.8 Å². The van der Waals surface area contributed by atoms with Gasteiger partial charge >= 0.3 is 0 Å². The molecule has 1 saturated heterocycles. The fraction of sp³-hybridized carbons (Fsp3) is 0.525. The van der Waals surface area contributed by atoms with Crippen LogP contribution in [0.2, 0.25) is 0 Å². The molecule has 1 N–H and O–H groups in total. The van der Waals surface area contributed by atoms with Gasteiger partial charge in [-0.15, -0.1) is 0 Å². The zero-order chi connectivity index (χ0) is 32.7. The van der Waals surface area contributed by atoms with Crippen molar-refractivity contribution in [3.8, 4) is 11.5 Å². The van der Waals surface area contributed by atoms with Crippen LogP contribution in [0.25, 0.3) is 0 Å². The van der Waals surface area contributed by atoms with Crippen LogP contribution in [-0.4, -0.2) is 87.5 Å². The minimum atomic E-state index is -0.807. The van der Waals surface area contributed by atoms with Crippen LogP contribution in [0.3, 0.4) is 0 Å². The Kier molecular flexibility index (Phi) is 7.23. The molecular weight excluding hydrogens is 618 g/mol. The van der Waals surface area contributed by atoms with Crippen LogP contribution in [-0.2, 0) is 45.4 Å². The number of aliphatic hydroxyl groups is 1. The van der Waals surface area contributed by atoms with Gasteiger partial charge in [0.05, 0.1) is 19.8 Å². The van der Waals surface area contributed by atoms with E-state index in [0.29, 0.717) is 39.4 Å². The van der Waals surface area contributed by atoms with E-state index in [1.165, 1.54) is 33.6 Å². The summed E-state index contributed by atoms with van der Waals surface area (Å²) in [5, 5.41) is 9.37. The number of rotatable bonds is 9. The van der Waals surface area contributed by atoms with E-state index in [9.17, 15) is 9.90 Å². The van der Waals surface area contributed by atoms with Gasteiger partial charge in [-0.3, -0.25) is 4.79 Å². The number of epoxide rings is 1. The number of aliphatic hydroxyl groups excluding tert-OH is 1. The van der Waals surface area contributed by atoms with Gasteiger partial charge in [-0.05, 0) is 86.3 Å². The third-order valence-electron chi connectivity index (χ3n) is 12.1. The zero-order valence-corrected chi connectivity index (χ0v) is 28.2. The highest BCUT2D eigenvalue weighted by atomic mass is 16.7. The van der Waals surface area contributed by atoms with Crippen molar-refractivity contribution in [1.29, 1.82) is 0 Å². The van der Waals surface area contributed by atoms with Crippen LogP contribution in [0.1, 0.15) is 81.4 Å². The predicted molar refractivity (Wildman–Crippen MR) is 185 cm³/mol. The number of hydrogen-bond donors (Lipinski definition) is 1. The summed E-state index contributed by atoms with van der Waals surface area (Å²) in [6.45, 7) is 6.66. The quantitative estimate of drug-likeness (QED) is 0.251. The molecule has 1 amide bonds. The lowest BCUT2D eigenvalue weighted by Gasteiger charge is -2.49. The first-order valence-corrected chi connectivity index (χ1v) is 18.6. The second-order valence-electron chi connectivity index (χ2n) is 14.8. The molecular formula is C40H45N3O6. The maximum Gasteiger partial charge on any atom is 0.255 e. The number of ether oxygens (including phenoxy) is 4. The minimum absolute atomic E-state index is 0.0539. The van der Waals surface area contributed by atoms with Gasteiger partial charge in [0.2, 0.25) is 0 Å². The van der Waals surface area contributed by atoms with Gasteiger partial charge in [0.15, 0.2) is 6.29 Å². The molecule has 7 heterocycles. The number of carbonyl (C=O) groups is 1. The normalized spacial score (nSPS) is 23.4. The van der Waals surface area contributed by atoms with Crippen molar-refractivity contribution in [3.05, 3.63) is 80.9 Å². The van der Waals surface area contributed by atoms with E-state index in [0.717, 1.165) is 111 Å². The van der Waals surface area contributed by atoms with E-state index >= 15 is 0 Å². The van der Waals surface area contributed by atoms with Crippen LogP contribution < -0.4 is 14.5 Å². The minimum Gasteiger partial charge on any atom is -0.456 e. The number of anilines is 2. The highest BCUT2D eigenvalue weighted by Gasteiger charge is 2.58. The van der Waals surface area contributed by atoms with Crippen LogP contribution in [0.4, 0.5) is 11.4 Å². The number of fused-ring (bicyclic) bond motifs is 8. The van der Waals surface area contributed by atoms with Crippen molar-refractivity contribution in [2.24, 2.45) is 0 Å². The molecule has 10 rings (SSSR count). The Balaban J connectivity index is 1.10. The summed E-state index contributed by atoms with van der Waals surface area (Å²) < 4.78 is 24.3. The number of hydrogen-bond acceptors (Lipinski definition) is 8. The summed E-state index contributed by atoms with van der Waals surface area (Å²) in [6.07, 6.45) is 8.53. The molecule has 1 spiro atoms. The third-order valence-corrected chi connectivity index (χ3v) is 12.1. The van der Waals surface area contributed by atoms with Crippen molar-refractivity contribution >= 4 is 17.3 Å². The smallest absolute Gasteiger partial charge is 0.255 e. The highest BCUT2D eigenvalue weighted by molar-refractivity contribution is 6.03. The average Bonchev–Trinajstić information content (AvgIpc) is 3.79. The second kappa shape index (κ2) is 11.7. The Hall–Kier alpha value is -3.63. The summed E-state index contributed by atoms with van der Waals surface area (Å²) in [5.41, 5.74) is 11.5. The number of carbonyl (C=O) groups excluding carboxylic acids is 1. The summed E-state index contributed by atoms with van der Waals surface area (Å²) in [5.74, 6) is 2.02. The molecule has 2 unspecified atom stereocenters. The third kappa shape index (κ3) is 4.55. The van der Waals surface area contributed by atoms with Crippen molar-refractivity contribution in [3.63, 3.8) is 0 Å². The largest absolute Gasteiger partial charge is 0.456 e. The Morgan fingerprint density at radius 1 is 0.755 bits per heavy atom. The summed E-state index contributed by atoms with van der Waals surface area (Å²) in [6, 6.07) is 13.1. The van der Waals surface area contributed by atoms with Crippen LogP contribution >= 0.6 is 0 Å². The van der Waals surface area contributed by atoms with E-state index in [-0.39, 0.29) is 12.0 Å². The number of nitrogens with zero attached hydrogens (tertiary/aromatic N) is 3. The second-order valence-corrected chi connectivity index (χ2v) is 14.8. The standard InChI is InChI=1S/C40H45N3O6/c44-38-27-9-1-2-12-30(27)40(43(38)18-20-47-22-21-46-19-13-33-39(45)48-33)31-23-25-7-3-14-41-16-5-10-28(34(25)41)36(31)49-37-29-11-6-17-42-15-4-8-26(35(29)42)24-32(37)40/h1-2,9,12,23-24,33,39,45H,3-8,10-11,13-22H2. The molecule has 7 aliphatic heterocycles. The Morgan fingerprint density at radius 3 is 1.94 bits per heavy atom. The number of benzene rings is 3. The molecule has 0 bridgehead atoms. The summed E-state index contributed by atoms with van der Waals surface area (Å²) in [7, 11) is 0. The SMILES string of the molecule is O=C1c2ccccc2C2(c3cc4c5c(c3Oc3c2cc2c6c3CCCN6CCC2)CCCN5CCC4)N1CCOCCOCCC1OC1O. The van der Waals surface area contributed by atoms with Gasteiger partial charge < -0.3 is 38.8 Å². The van der Waals surface area contributed by atoms with Crippen molar-refractivity contribution in [2.75, 3.05) is 69.0 Å². The first-order chi connectivity index (χ1) is 24.1. The Bertz CT molecular complexity index is 1760. The molecule has 2 atom stereocenters. The number of amides is 1. The van der Waals surface area contributed by atoms with Crippen LogP contribution in [0, 0.1) is 0 Å². The van der Waals surface area contributed by atoms with Crippen LogP contribution in [0.5, 0.6) is 11.5 Å². The highest BCUT2D eigenvalue weighted by Crippen LogP contribution is 2.62. The lowest BCUT2D eigenvalue weighted by molar-refractivity contribution is 0.0269. The monoisotopic (exact) mass is 663 g/mol. The fourth-order valence-corrected chi connectivity index (χ4v) is 9.98. The lowest BCUT2D eigenvalue weighted by Crippen LogP contribution is -2.49. The summed E-state index contributed by atoms with van der Waals surface area (Å²) in [4.78, 5) is 22.1. The van der Waals surface area contributed by atoms with E-state index in [4.69, 9.17) is 18.9 Å². The van der Waals surface area contributed by atoms with Gasteiger partial charge in [0.25, 0.3) is 5.91 Å². The summed E-state index contributed by atoms with van der Waals surface area (Å²) >= 11 is 0. The average molecular weight is 664 g/mol. The molecule has 3 aromatic rings. The fourth-order valence-electron chi connectivity index (χ4n) is 9.98. The molecule has 0 radical (unpaired) electrons. The first-order valence-electron chi connectivity index (χ1n) is 18.6. The molecule has 0 aliphatic carbocycles. The zero-order valence-electron chi connectivity index (χ0n) is 28.2. The Morgan fingerprint density at radius 2 is 1.33 bits per heavy atom. The van der Waals surface area contributed by atoms with Gasteiger partial charge in [-0.1, -0.05) is 18.2 Å². The van der Waals surface area contributed by atoms with Crippen molar-refractivity contribution in [1.82, 2.24) is 4.90 Å². The van der Waals surface area contributed by atoms with Gasteiger partial charge in [0, 0.05) is 84.9 Å². The van der Waals surface area contributed by atoms with Gasteiger partial charge in [-0.25, -0.2) is 0 Å². The van der Waals surface area contributed by atoms with Crippen LogP contribution in [0.15, 0.2) is 36.4 Å². The van der Waals surface area contributed by atoms with Crippen molar-refractivity contribution in [2.45, 2.75) is 75.7 Å². The molecule has 9 heteroatoms. The molecule has 0 saturated carbocycles. The van der Waals surface area contributed by atoms with E-state index in [1.54, 1.807) is 0 Å². The predicted octanol–water partition coefficient (Wildman–Crippen LogP) is 5.08. The topological polar surface area (TPSA) is 87.2 Å². The van der Waals surface area contributed by atoms with E-state index in [2.05, 4.69) is 39.0 Å². The maximum atomic E-state index is 14.8. The lowest BCUT2D eigenvalue weighted by atomic mass is 9.70. The maximum absolute atomic E-state index is 14.8. The molecule has 7 aliphatic rings. The van der Waals surface area contributed by atoms with Gasteiger partial charge in [0.1, 0.15) is 23.1 Å². The molecule has 0 aromatic heterocycles.